The van der Waals surface area contributed by atoms with Crippen molar-refractivity contribution in [1.29, 1.82) is 0 Å². The third-order valence-corrected chi connectivity index (χ3v) is 1.02. The van der Waals surface area contributed by atoms with Gasteiger partial charge in [0.15, 0.2) is 0 Å². The zero-order chi connectivity index (χ0) is 7.44. The van der Waals surface area contributed by atoms with Crippen LogP contribution in [-0.4, -0.2) is 5.97 Å². The zero-order valence-corrected chi connectivity index (χ0v) is 5.40. The maximum Gasteiger partial charge on any atom is 0.104 e. The number of hydrogen-bond acceptors (Lipinski definition) is 2. The predicted molar refractivity (Wildman–Crippen MR) is 29.1 cm³/mol. The van der Waals surface area contributed by atoms with E-state index in [9.17, 15) is 14.3 Å². The average Bonchev–Trinajstić information content (AvgIpc) is 1.84. The number of allylic oxidation sites excluding steroid dienone is 1. The summed E-state index contributed by atoms with van der Waals surface area (Å²) in [7, 11) is 0. The molecule has 9 heavy (non-hydrogen) atoms. The van der Waals surface area contributed by atoms with Crippen molar-refractivity contribution in [2.45, 2.75) is 20.3 Å². The number of carbonyl (C=O) groups excluding carboxylic acids is 1. The standard InChI is InChI=1S/C6H9FO2/c1-3-5(7)4(2)6(8)9/h3H2,1-2H3,(H,8,9)/p-1/b5-4-. The number of hydrogen-bond donors (Lipinski definition) is 0. The summed E-state index contributed by atoms with van der Waals surface area (Å²) in [6.07, 6.45) is 0.111. The van der Waals surface area contributed by atoms with Crippen LogP contribution in [0.15, 0.2) is 11.4 Å². The molecule has 0 saturated carbocycles. The van der Waals surface area contributed by atoms with Gasteiger partial charge in [-0.3, -0.25) is 0 Å². The molecule has 0 spiro atoms. The second-order valence-corrected chi connectivity index (χ2v) is 1.67. The van der Waals surface area contributed by atoms with E-state index in [0.29, 0.717) is 0 Å². The topological polar surface area (TPSA) is 40.1 Å². The second-order valence-electron chi connectivity index (χ2n) is 1.67. The fraction of sp³-hybridized carbons (Fsp3) is 0.500. The highest BCUT2D eigenvalue weighted by Gasteiger charge is 1.97. The predicted octanol–water partition coefficient (Wildman–Crippen LogP) is 0.390. The highest BCUT2D eigenvalue weighted by atomic mass is 19.1. The first kappa shape index (κ1) is 8.14. The largest absolute Gasteiger partial charge is 0.545 e. The highest BCUT2D eigenvalue weighted by Crippen LogP contribution is 2.07. The molecule has 0 aromatic heterocycles. The molecule has 0 aliphatic heterocycles. The third-order valence-electron chi connectivity index (χ3n) is 1.02. The summed E-state index contributed by atoms with van der Waals surface area (Å²) in [5.74, 6) is -2.05. The molecule has 3 heteroatoms. The van der Waals surface area contributed by atoms with Crippen molar-refractivity contribution in [2.75, 3.05) is 0 Å². The molecular weight excluding hydrogens is 123 g/mol. The minimum atomic E-state index is -1.44. The lowest BCUT2D eigenvalue weighted by Crippen LogP contribution is -2.23. The Morgan fingerprint density at radius 3 is 2.22 bits per heavy atom. The number of carboxylic acids is 1. The van der Waals surface area contributed by atoms with E-state index >= 15 is 0 Å². The Morgan fingerprint density at radius 1 is 1.67 bits per heavy atom. The molecule has 0 aromatic rings. The molecule has 0 unspecified atom stereocenters. The lowest BCUT2D eigenvalue weighted by molar-refractivity contribution is -0.299. The van der Waals surface area contributed by atoms with Gasteiger partial charge in [0.05, 0.1) is 5.97 Å². The van der Waals surface area contributed by atoms with Crippen LogP contribution in [0.2, 0.25) is 0 Å². The van der Waals surface area contributed by atoms with E-state index in [4.69, 9.17) is 0 Å². The van der Waals surface area contributed by atoms with Crippen molar-refractivity contribution in [1.82, 2.24) is 0 Å². The normalized spacial score (nSPS) is 12.8. The lowest BCUT2D eigenvalue weighted by Gasteiger charge is -2.01. The summed E-state index contributed by atoms with van der Waals surface area (Å²) < 4.78 is 12.2. The zero-order valence-electron chi connectivity index (χ0n) is 5.40. The van der Waals surface area contributed by atoms with Crippen LogP contribution in [0.25, 0.3) is 0 Å². The van der Waals surface area contributed by atoms with E-state index < -0.39 is 11.8 Å². The van der Waals surface area contributed by atoms with Gasteiger partial charge < -0.3 is 9.90 Å². The van der Waals surface area contributed by atoms with Crippen molar-refractivity contribution in [2.24, 2.45) is 0 Å². The first-order chi connectivity index (χ1) is 4.09. The van der Waals surface area contributed by atoms with E-state index in [1.54, 1.807) is 6.92 Å². The monoisotopic (exact) mass is 131 g/mol. The summed E-state index contributed by atoms with van der Waals surface area (Å²) in [6, 6.07) is 0. The summed E-state index contributed by atoms with van der Waals surface area (Å²) >= 11 is 0. The Labute approximate surface area is 53.0 Å². The summed E-state index contributed by atoms with van der Waals surface area (Å²) in [5, 5.41) is 9.89. The summed E-state index contributed by atoms with van der Waals surface area (Å²) in [5.41, 5.74) is -0.308. The van der Waals surface area contributed by atoms with Gasteiger partial charge in [0, 0.05) is 5.57 Å². The smallest absolute Gasteiger partial charge is 0.104 e. The molecule has 0 fully saturated rings. The first-order valence-corrected chi connectivity index (χ1v) is 2.66. The van der Waals surface area contributed by atoms with Crippen molar-refractivity contribution < 1.29 is 14.3 Å². The minimum absolute atomic E-state index is 0.111. The Hall–Kier alpha value is -0.860. The minimum Gasteiger partial charge on any atom is -0.545 e. The molecule has 0 N–H and O–H groups in total. The number of carbonyl (C=O) groups is 1. The van der Waals surface area contributed by atoms with Crippen LogP contribution in [0.1, 0.15) is 20.3 Å². The van der Waals surface area contributed by atoms with Crippen molar-refractivity contribution in [3.05, 3.63) is 11.4 Å². The number of halogens is 1. The summed E-state index contributed by atoms with van der Waals surface area (Å²) in [6.45, 7) is 2.73. The van der Waals surface area contributed by atoms with Gasteiger partial charge in [-0.05, 0) is 13.3 Å². The molecule has 0 radical (unpaired) electrons. The third kappa shape index (κ3) is 2.26. The molecule has 2 nitrogen and oxygen atoms in total. The molecule has 0 heterocycles. The first-order valence-electron chi connectivity index (χ1n) is 2.66. The van der Waals surface area contributed by atoms with E-state index in [1.165, 1.54) is 6.92 Å². The van der Waals surface area contributed by atoms with Crippen molar-refractivity contribution >= 4 is 5.97 Å². The van der Waals surface area contributed by atoms with E-state index in [0.717, 1.165) is 0 Å². The molecular formula is C6H8FO2-. The maximum atomic E-state index is 12.2. The highest BCUT2D eigenvalue weighted by molar-refractivity contribution is 5.84. The van der Waals surface area contributed by atoms with Crippen LogP contribution in [0.5, 0.6) is 0 Å². The van der Waals surface area contributed by atoms with Gasteiger partial charge in [-0.1, -0.05) is 6.92 Å². The van der Waals surface area contributed by atoms with E-state index in [1.807, 2.05) is 0 Å². The van der Waals surface area contributed by atoms with Gasteiger partial charge in [0.1, 0.15) is 5.83 Å². The summed E-state index contributed by atoms with van der Waals surface area (Å²) in [4.78, 5) is 9.89. The Kier molecular flexibility index (Phi) is 2.91. The number of carboxylic acid groups (broad SMARTS) is 1. The van der Waals surface area contributed by atoms with Crippen LogP contribution >= 0.6 is 0 Å². The molecule has 0 saturated heterocycles. The van der Waals surface area contributed by atoms with Crippen LogP contribution in [0, 0.1) is 0 Å². The van der Waals surface area contributed by atoms with Crippen molar-refractivity contribution in [3.63, 3.8) is 0 Å². The Bertz CT molecular complexity index is 149. The molecule has 0 aliphatic carbocycles. The Morgan fingerprint density at radius 2 is 2.11 bits per heavy atom. The molecule has 52 valence electrons. The van der Waals surface area contributed by atoms with Crippen LogP contribution in [0.4, 0.5) is 4.39 Å². The van der Waals surface area contributed by atoms with Gasteiger partial charge in [-0.2, -0.15) is 0 Å². The quantitative estimate of drug-likeness (QED) is 0.508. The van der Waals surface area contributed by atoms with E-state index in [2.05, 4.69) is 0 Å². The van der Waals surface area contributed by atoms with Gasteiger partial charge in [0.2, 0.25) is 0 Å². The molecule has 0 rings (SSSR count). The van der Waals surface area contributed by atoms with Gasteiger partial charge >= 0.3 is 0 Å². The van der Waals surface area contributed by atoms with Crippen LogP contribution < -0.4 is 5.11 Å². The van der Waals surface area contributed by atoms with Crippen molar-refractivity contribution in [3.8, 4) is 0 Å². The average molecular weight is 131 g/mol. The molecule has 0 aliphatic rings. The van der Waals surface area contributed by atoms with E-state index in [-0.39, 0.29) is 12.0 Å². The Balaban J connectivity index is 4.28. The molecule has 0 aromatic carbocycles. The molecule has 0 atom stereocenters. The lowest BCUT2D eigenvalue weighted by atomic mass is 10.2. The maximum absolute atomic E-state index is 12.2. The number of aliphatic carboxylic acids is 1. The SMILES string of the molecule is CC/C(F)=C(\C)C(=O)[O-]. The molecule has 0 bridgehead atoms. The van der Waals surface area contributed by atoms with Crippen LogP contribution in [-0.2, 0) is 4.79 Å². The van der Waals surface area contributed by atoms with Gasteiger partial charge in [0.25, 0.3) is 0 Å². The van der Waals surface area contributed by atoms with Gasteiger partial charge in [-0.25, -0.2) is 4.39 Å². The molecule has 0 amide bonds. The fourth-order valence-corrected chi connectivity index (χ4v) is 0.376. The second kappa shape index (κ2) is 3.22. The van der Waals surface area contributed by atoms with Gasteiger partial charge in [-0.15, -0.1) is 0 Å². The number of rotatable bonds is 2. The fourth-order valence-electron chi connectivity index (χ4n) is 0.376. The van der Waals surface area contributed by atoms with Crippen LogP contribution in [0.3, 0.4) is 0 Å².